The Balaban J connectivity index is 0.000000246. The van der Waals surface area contributed by atoms with Crippen LogP contribution in [-0.2, 0) is 38.8 Å². The molecule has 2 aromatic heterocycles. The van der Waals surface area contributed by atoms with Crippen molar-refractivity contribution in [1.29, 1.82) is 0 Å². The second-order valence-corrected chi connectivity index (χ2v) is 11.5. The summed E-state index contributed by atoms with van der Waals surface area (Å²) in [6, 6.07) is 12.6. The molecule has 0 aliphatic carbocycles. The zero-order chi connectivity index (χ0) is 33.3. The third-order valence-electron chi connectivity index (χ3n) is 7.68. The quantitative estimate of drug-likeness (QED) is 0.235. The highest BCUT2D eigenvalue weighted by molar-refractivity contribution is 5.34. The van der Waals surface area contributed by atoms with Crippen LogP contribution < -0.4 is 22.5 Å². The van der Waals surface area contributed by atoms with Gasteiger partial charge in [0.05, 0.1) is 0 Å². The molecule has 0 amide bonds. The van der Waals surface area contributed by atoms with Crippen molar-refractivity contribution >= 4 is 0 Å². The molecule has 0 unspecified atom stereocenters. The number of allylic oxidation sites excluding steroid dienone is 3. The van der Waals surface area contributed by atoms with E-state index in [0.29, 0.717) is 49.9 Å². The molecule has 0 aliphatic heterocycles. The Hall–Kier alpha value is -4.72. The Morgan fingerprint density at radius 3 is 1.36 bits per heavy atom. The van der Waals surface area contributed by atoms with E-state index < -0.39 is 0 Å². The van der Waals surface area contributed by atoms with Crippen LogP contribution in [0.2, 0.25) is 0 Å². The minimum absolute atomic E-state index is 0.270. The van der Waals surface area contributed by atoms with Gasteiger partial charge in [0, 0.05) is 48.4 Å². The van der Waals surface area contributed by atoms with E-state index in [-0.39, 0.29) is 22.5 Å². The maximum Gasteiger partial charge on any atom is 0.328 e. The number of hydrogen-bond acceptors (Lipinski definition) is 4. The van der Waals surface area contributed by atoms with E-state index in [4.69, 9.17) is 0 Å². The van der Waals surface area contributed by atoms with E-state index in [9.17, 15) is 19.2 Å². The summed E-state index contributed by atoms with van der Waals surface area (Å²) in [6.07, 6.45) is 7.84. The Morgan fingerprint density at radius 1 is 0.644 bits per heavy atom. The van der Waals surface area contributed by atoms with E-state index in [0.717, 1.165) is 22.5 Å². The summed E-state index contributed by atoms with van der Waals surface area (Å²) in [5, 5.41) is 0. The largest absolute Gasteiger partial charge is 0.328 e. The summed E-state index contributed by atoms with van der Waals surface area (Å²) in [4.78, 5) is 53.4. The number of aryl methyl sites for hydroxylation is 4. The molecule has 0 aliphatic rings. The second-order valence-electron chi connectivity index (χ2n) is 11.5. The van der Waals surface area contributed by atoms with Crippen molar-refractivity contribution in [2.45, 2.75) is 87.2 Å². The van der Waals surface area contributed by atoms with Gasteiger partial charge >= 0.3 is 11.4 Å². The third kappa shape index (κ3) is 8.91. The Kier molecular flexibility index (Phi) is 12.2. The third-order valence-corrected chi connectivity index (χ3v) is 7.68. The minimum Gasteiger partial charge on any atom is -0.293 e. The van der Waals surface area contributed by atoms with Crippen molar-refractivity contribution in [1.82, 2.24) is 19.1 Å². The van der Waals surface area contributed by atoms with Gasteiger partial charge in [-0.15, -0.1) is 6.58 Å². The highest BCUT2D eigenvalue weighted by Crippen LogP contribution is 2.17. The lowest BCUT2D eigenvalue weighted by Crippen LogP contribution is -2.35. The van der Waals surface area contributed by atoms with Gasteiger partial charge in [-0.2, -0.15) is 0 Å². The van der Waals surface area contributed by atoms with Crippen molar-refractivity contribution in [2.75, 3.05) is 0 Å². The van der Waals surface area contributed by atoms with Gasteiger partial charge in [0.15, 0.2) is 0 Å². The fraction of sp³-hybridized carbons (Fsp3) is 0.351. The van der Waals surface area contributed by atoms with Crippen molar-refractivity contribution in [3.05, 3.63) is 159 Å². The molecule has 0 saturated heterocycles. The molecule has 45 heavy (non-hydrogen) atoms. The molecule has 8 heteroatoms. The van der Waals surface area contributed by atoms with Crippen molar-refractivity contribution in [3.63, 3.8) is 0 Å². The van der Waals surface area contributed by atoms with Gasteiger partial charge < -0.3 is 0 Å². The van der Waals surface area contributed by atoms with Gasteiger partial charge in [0.2, 0.25) is 0 Å². The lowest BCUT2D eigenvalue weighted by atomic mass is 10.0. The zero-order valence-corrected chi connectivity index (χ0v) is 27.7. The van der Waals surface area contributed by atoms with Crippen LogP contribution in [0.15, 0.2) is 80.4 Å². The highest BCUT2D eigenvalue weighted by atomic mass is 16.2. The van der Waals surface area contributed by atoms with Crippen LogP contribution in [0.4, 0.5) is 0 Å². The first kappa shape index (κ1) is 34.8. The SMILES string of the molecule is C=CCn1c(Cc2cc(C)cc(C)c2)c(CC)c(=O)[nH]c1=O.CC=CCn1c(Cc2cc(C)cc(C)c2)c(CC)c(=O)[nH]c1=O. The van der Waals surface area contributed by atoms with E-state index in [1.165, 1.54) is 22.3 Å². The standard InChI is InChI=1S/C19H24N2O2.C18H22N2O2/c1-5-7-8-21-17(16(6-2)18(22)20-19(21)23)12-15-10-13(3)9-14(4)11-15;1-5-7-20-16(15(6-2)17(21)19-18(20)22)11-14-9-12(3)8-13(4)10-14/h5,7,9-11H,6,8,12H2,1-4H3,(H,20,22,23);5,8-10H,1,6-7,11H2,2-4H3,(H,19,21,22). The smallest absolute Gasteiger partial charge is 0.293 e. The van der Waals surface area contributed by atoms with E-state index in [1.54, 1.807) is 15.2 Å². The van der Waals surface area contributed by atoms with Gasteiger partial charge in [0.1, 0.15) is 0 Å². The number of nitrogens with zero attached hydrogens (tertiary/aromatic N) is 2. The van der Waals surface area contributed by atoms with Crippen LogP contribution in [0.5, 0.6) is 0 Å². The molecular weight excluding hydrogens is 564 g/mol. The summed E-state index contributed by atoms with van der Waals surface area (Å²) in [6.45, 7) is 18.6. The summed E-state index contributed by atoms with van der Waals surface area (Å²) < 4.78 is 3.27. The van der Waals surface area contributed by atoms with Crippen LogP contribution in [0.1, 0.15) is 76.7 Å². The number of rotatable bonds is 10. The number of H-pyrrole nitrogens is 2. The molecule has 2 N–H and O–H groups in total. The summed E-state index contributed by atoms with van der Waals surface area (Å²) >= 11 is 0. The molecule has 2 aromatic carbocycles. The summed E-state index contributed by atoms with van der Waals surface area (Å²) in [7, 11) is 0. The molecule has 0 radical (unpaired) electrons. The average molecular weight is 611 g/mol. The molecule has 4 aromatic rings. The minimum atomic E-state index is -0.374. The first-order chi connectivity index (χ1) is 21.4. The molecule has 0 spiro atoms. The molecule has 0 bridgehead atoms. The number of benzene rings is 2. The maximum atomic E-state index is 12.2. The predicted molar refractivity (Wildman–Crippen MR) is 184 cm³/mol. The van der Waals surface area contributed by atoms with Gasteiger partial charge in [-0.25, -0.2) is 9.59 Å². The van der Waals surface area contributed by atoms with E-state index in [2.05, 4.69) is 66.8 Å². The maximum absolute atomic E-state index is 12.2. The molecule has 0 saturated carbocycles. The van der Waals surface area contributed by atoms with Crippen LogP contribution in [0.3, 0.4) is 0 Å². The number of hydrogen-bond donors (Lipinski definition) is 2. The van der Waals surface area contributed by atoms with Gasteiger partial charge in [-0.05, 0) is 58.6 Å². The molecule has 0 fully saturated rings. The van der Waals surface area contributed by atoms with Crippen LogP contribution >= 0.6 is 0 Å². The first-order valence-corrected chi connectivity index (χ1v) is 15.5. The number of aromatic amines is 2. The second kappa shape index (κ2) is 15.8. The van der Waals surface area contributed by atoms with Gasteiger partial charge in [-0.1, -0.05) is 90.7 Å². The summed E-state index contributed by atoms with van der Waals surface area (Å²) in [5.41, 5.74) is 8.62. The van der Waals surface area contributed by atoms with Crippen LogP contribution in [-0.4, -0.2) is 19.1 Å². The zero-order valence-electron chi connectivity index (χ0n) is 27.7. The molecule has 4 rings (SSSR count). The van der Waals surface area contributed by atoms with Crippen molar-refractivity contribution in [3.8, 4) is 0 Å². The first-order valence-electron chi connectivity index (χ1n) is 15.5. The Morgan fingerprint density at radius 2 is 1.02 bits per heavy atom. The van der Waals surface area contributed by atoms with Crippen LogP contribution in [0.25, 0.3) is 0 Å². The molecule has 8 nitrogen and oxygen atoms in total. The van der Waals surface area contributed by atoms with Gasteiger partial charge in [0.25, 0.3) is 11.1 Å². The lowest BCUT2D eigenvalue weighted by molar-refractivity contribution is 0.675. The van der Waals surface area contributed by atoms with Crippen molar-refractivity contribution in [2.24, 2.45) is 0 Å². The van der Waals surface area contributed by atoms with Gasteiger partial charge in [-0.3, -0.25) is 28.7 Å². The lowest BCUT2D eigenvalue weighted by Gasteiger charge is -2.15. The molecule has 238 valence electrons. The normalized spacial score (nSPS) is 11.0. The summed E-state index contributed by atoms with van der Waals surface area (Å²) in [5.74, 6) is 0. The highest BCUT2D eigenvalue weighted by Gasteiger charge is 2.15. The average Bonchev–Trinajstić information content (AvgIpc) is 2.94. The molecule has 0 atom stereocenters. The number of aromatic nitrogens is 4. The monoisotopic (exact) mass is 610 g/mol. The van der Waals surface area contributed by atoms with E-state index >= 15 is 0 Å². The molecular formula is C37H46N4O4. The van der Waals surface area contributed by atoms with Crippen LogP contribution in [0, 0.1) is 27.7 Å². The Bertz CT molecular complexity index is 1900. The van der Waals surface area contributed by atoms with E-state index in [1.807, 2.05) is 46.8 Å². The fourth-order valence-corrected chi connectivity index (χ4v) is 5.90. The predicted octanol–water partition coefficient (Wildman–Crippen LogP) is 5.38. The van der Waals surface area contributed by atoms with Crippen molar-refractivity contribution < 1.29 is 0 Å². The fourth-order valence-electron chi connectivity index (χ4n) is 5.90. The topological polar surface area (TPSA) is 110 Å². The Labute approximate surface area is 264 Å². The molecule has 2 heterocycles. The number of nitrogens with one attached hydrogen (secondary N) is 2.